The minimum absolute atomic E-state index is 0.221. The molecule has 144 valence electrons. The van der Waals surface area contributed by atoms with Gasteiger partial charge in [-0.1, -0.05) is 13.0 Å². The summed E-state index contributed by atoms with van der Waals surface area (Å²) in [5.41, 5.74) is 2.53. The summed E-state index contributed by atoms with van der Waals surface area (Å²) < 4.78 is 26.3. The van der Waals surface area contributed by atoms with E-state index in [0.717, 1.165) is 23.8 Å². The lowest BCUT2D eigenvalue weighted by Crippen LogP contribution is -2.55. The van der Waals surface area contributed by atoms with Crippen LogP contribution in [-0.4, -0.2) is 69.0 Å². The van der Waals surface area contributed by atoms with Gasteiger partial charge in [0.05, 0.1) is 11.9 Å². The quantitative estimate of drug-likeness (QED) is 0.693. The fourth-order valence-electron chi connectivity index (χ4n) is 3.16. The molecule has 0 N–H and O–H groups in total. The second-order valence-electron chi connectivity index (χ2n) is 6.72. The fraction of sp³-hybridized carbons (Fsp3) is 0.556. The lowest BCUT2D eigenvalue weighted by Gasteiger charge is -2.38. The maximum absolute atomic E-state index is 13.1. The summed E-state index contributed by atoms with van der Waals surface area (Å²) in [6, 6.07) is 4.61. The standard InChI is InChI=1S/C18H27N3O4S/c1-5-17(18(23)20-10-8-19(13-22)9-11-20)21(26(4,24)25)16-7-6-14(2)15(3)12-16/h6-7,12-13,17H,5,8-11H2,1-4H3/t17-/m1/s1. The first-order valence-corrected chi connectivity index (χ1v) is 10.6. The van der Waals surface area contributed by atoms with Gasteiger partial charge in [0.2, 0.25) is 22.3 Å². The average Bonchev–Trinajstić information content (AvgIpc) is 2.60. The van der Waals surface area contributed by atoms with Crippen LogP contribution in [0, 0.1) is 13.8 Å². The highest BCUT2D eigenvalue weighted by Gasteiger charge is 2.35. The molecule has 2 amide bonds. The van der Waals surface area contributed by atoms with Gasteiger partial charge < -0.3 is 9.80 Å². The Hall–Kier alpha value is -2.09. The van der Waals surface area contributed by atoms with E-state index in [1.165, 1.54) is 4.31 Å². The Morgan fingerprint density at radius 2 is 1.81 bits per heavy atom. The molecule has 1 aliphatic rings. The summed E-state index contributed by atoms with van der Waals surface area (Å²) in [4.78, 5) is 27.2. The molecule has 0 unspecified atom stereocenters. The Kier molecular flexibility index (Phi) is 6.28. The first-order valence-electron chi connectivity index (χ1n) is 8.73. The molecule has 1 aliphatic heterocycles. The van der Waals surface area contributed by atoms with Gasteiger partial charge >= 0.3 is 0 Å². The molecular formula is C18H27N3O4S. The summed E-state index contributed by atoms with van der Waals surface area (Å²) in [5, 5.41) is 0. The summed E-state index contributed by atoms with van der Waals surface area (Å²) in [7, 11) is -3.64. The third-order valence-electron chi connectivity index (χ3n) is 4.83. The number of aryl methyl sites for hydroxylation is 2. The fourth-order valence-corrected chi connectivity index (χ4v) is 4.36. The highest BCUT2D eigenvalue weighted by atomic mass is 32.2. The van der Waals surface area contributed by atoms with Crippen LogP contribution in [-0.2, 0) is 19.6 Å². The van der Waals surface area contributed by atoms with Crippen molar-refractivity contribution in [1.29, 1.82) is 0 Å². The van der Waals surface area contributed by atoms with Gasteiger partial charge in [0.25, 0.3) is 0 Å². The van der Waals surface area contributed by atoms with Gasteiger partial charge in [-0.05, 0) is 43.5 Å². The SMILES string of the molecule is CC[C@H](C(=O)N1CCN(C=O)CC1)N(c1ccc(C)c(C)c1)S(C)(=O)=O. The first kappa shape index (κ1) is 20.2. The Morgan fingerprint density at radius 1 is 1.19 bits per heavy atom. The minimum atomic E-state index is -3.64. The second kappa shape index (κ2) is 8.07. The van der Waals surface area contributed by atoms with Crippen LogP contribution in [0.3, 0.4) is 0 Å². The normalized spacial score (nSPS) is 16.3. The lowest BCUT2D eigenvalue weighted by atomic mass is 10.1. The van der Waals surface area contributed by atoms with Crippen LogP contribution in [0.1, 0.15) is 24.5 Å². The van der Waals surface area contributed by atoms with E-state index in [0.29, 0.717) is 38.3 Å². The number of benzene rings is 1. The number of carbonyl (C=O) groups is 2. The third-order valence-corrected chi connectivity index (χ3v) is 6.01. The summed E-state index contributed by atoms with van der Waals surface area (Å²) >= 11 is 0. The van der Waals surface area contributed by atoms with Crippen molar-refractivity contribution >= 4 is 28.0 Å². The van der Waals surface area contributed by atoms with Crippen molar-refractivity contribution in [2.45, 2.75) is 33.2 Å². The molecule has 0 radical (unpaired) electrons. The van der Waals surface area contributed by atoms with E-state index in [1.54, 1.807) is 21.9 Å². The van der Waals surface area contributed by atoms with Gasteiger partial charge in [-0.2, -0.15) is 0 Å². The molecule has 1 aromatic carbocycles. The van der Waals surface area contributed by atoms with E-state index in [2.05, 4.69) is 0 Å². The molecule has 1 saturated heterocycles. The molecular weight excluding hydrogens is 354 g/mol. The molecule has 1 atom stereocenters. The van der Waals surface area contributed by atoms with Crippen molar-refractivity contribution in [2.24, 2.45) is 0 Å². The topological polar surface area (TPSA) is 78.0 Å². The van der Waals surface area contributed by atoms with Gasteiger partial charge in [0.15, 0.2) is 0 Å². The van der Waals surface area contributed by atoms with Crippen LogP contribution in [0.5, 0.6) is 0 Å². The zero-order valence-corrected chi connectivity index (χ0v) is 16.6. The molecule has 1 heterocycles. The van der Waals surface area contributed by atoms with Gasteiger partial charge in [-0.3, -0.25) is 13.9 Å². The van der Waals surface area contributed by atoms with Crippen LogP contribution in [0.4, 0.5) is 5.69 Å². The van der Waals surface area contributed by atoms with E-state index in [9.17, 15) is 18.0 Å². The molecule has 1 fully saturated rings. The number of anilines is 1. The molecule has 1 aromatic rings. The Balaban J connectivity index is 2.34. The molecule has 0 aromatic heterocycles. The summed E-state index contributed by atoms with van der Waals surface area (Å²) in [6.07, 6.45) is 2.27. The molecule has 26 heavy (non-hydrogen) atoms. The Morgan fingerprint density at radius 3 is 2.27 bits per heavy atom. The van der Waals surface area contributed by atoms with Crippen LogP contribution >= 0.6 is 0 Å². The molecule has 0 bridgehead atoms. The second-order valence-corrected chi connectivity index (χ2v) is 8.58. The van der Waals surface area contributed by atoms with Crippen LogP contribution in [0.15, 0.2) is 18.2 Å². The van der Waals surface area contributed by atoms with E-state index in [4.69, 9.17) is 0 Å². The van der Waals surface area contributed by atoms with Crippen molar-refractivity contribution in [2.75, 3.05) is 36.7 Å². The molecule has 0 aliphatic carbocycles. The van der Waals surface area contributed by atoms with E-state index in [-0.39, 0.29) is 5.91 Å². The van der Waals surface area contributed by atoms with Crippen molar-refractivity contribution in [1.82, 2.24) is 9.80 Å². The highest BCUT2D eigenvalue weighted by Crippen LogP contribution is 2.26. The molecule has 0 saturated carbocycles. The highest BCUT2D eigenvalue weighted by molar-refractivity contribution is 7.92. The van der Waals surface area contributed by atoms with Crippen molar-refractivity contribution in [3.63, 3.8) is 0 Å². The van der Waals surface area contributed by atoms with Crippen LogP contribution in [0.2, 0.25) is 0 Å². The average molecular weight is 381 g/mol. The molecule has 0 spiro atoms. The maximum Gasteiger partial charge on any atom is 0.246 e. The Bertz CT molecular complexity index is 771. The first-order chi connectivity index (χ1) is 12.2. The maximum atomic E-state index is 13.1. The number of nitrogens with zero attached hydrogens (tertiary/aromatic N) is 3. The number of sulfonamides is 1. The minimum Gasteiger partial charge on any atom is -0.342 e. The van der Waals surface area contributed by atoms with E-state index >= 15 is 0 Å². The number of rotatable bonds is 6. The lowest BCUT2D eigenvalue weighted by molar-refractivity contribution is -0.136. The van der Waals surface area contributed by atoms with E-state index in [1.807, 2.05) is 26.8 Å². The van der Waals surface area contributed by atoms with Crippen molar-refractivity contribution in [3.8, 4) is 0 Å². The Labute approximate surface area is 155 Å². The number of carbonyl (C=O) groups excluding carboxylic acids is 2. The zero-order chi connectivity index (χ0) is 19.5. The number of hydrogen-bond donors (Lipinski definition) is 0. The summed E-state index contributed by atoms with van der Waals surface area (Å²) in [6.45, 7) is 7.45. The predicted octanol–water partition coefficient (Wildman–Crippen LogP) is 1.15. The number of hydrogen-bond acceptors (Lipinski definition) is 4. The zero-order valence-electron chi connectivity index (χ0n) is 15.8. The monoisotopic (exact) mass is 381 g/mol. The number of piperazine rings is 1. The predicted molar refractivity (Wildman–Crippen MR) is 102 cm³/mol. The molecule has 8 heteroatoms. The van der Waals surface area contributed by atoms with Crippen molar-refractivity contribution in [3.05, 3.63) is 29.3 Å². The largest absolute Gasteiger partial charge is 0.342 e. The van der Waals surface area contributed by atoms with Gasteiger partial charge in [0, 0.05) is 26.2 Å². The van der Waals surface area contributed by atoms with E-state index < -0.39 is 16.1 Å². The summed E-state index contributed by atoms with van der Waals surface area (Å²) in [5.74, 6) is -0.221. The van der Waals surface area contributed by atoms with Crippen molar-refractivity contribution < 1.29 is 18.0 Å². The van der Waals surface area contributed by atoms with Crippen LogP contribution < -0.4 is 4.31 Å². The van der Waals surface area contributed by atoms with Crippen LogP contribution in [0.25, 0.3) is 0 Å². The van der Waals surface area contributed by atoms with Gasteiger partial charge in [-0.25, -0.2) is 8.42 Å². The third kappa shape index (κ3) is 4.35. The van der Waals surface area contributed by atoms with Gasteiger partial charge in [-0.15, -0.1) is 0 Å². The molecule has 7 nitrogen and oxygen atoms in total. The number of amides is 2. The smallest absolute Gasteiger partial charge is 0.246 e. The van der Waals surface area contributed by atoms with Gasteiger partial charge in [0.1, 0.15) is 6.04 Å². The molecule has 2 rings (SSSR count).